The Hall–Kier alpha value is -3.09. The Labute approximate surface area is 157 Å². The molecule has 2 amide bonds. The number of rotatable bonds is 5. The van der Waals surface area contributed by atoms with Gasteiger partial charge in [-0.15, -0.1) is 0 Å². The number of nitrogens with one attached hydrogen (secondary N) is 1. The Balaban J connectivity index is 1.78. The molecule has 1 fully saturated rings. The second-order valence-electron chi connectivity index (χ2n) is 6.49. The van der Waals surface area contributed by atoms with Crippen molar-refractivity contribution in [2.24, 2.45) is 0 Å². The van der Waals surface area contributed by atoms with E-state index in [1.165, 1.54) is 11.2 Å². The fraction of sp³-hybridized carbons (Fsp3) is 0.350. The Kier molecular flexibility index (Phi) is 5.59. The lowest BCUT2D eigenvalue weighted by molar-refractivity contribution is -0.143. The molecule has 1 aliphatic heterocycles. The van der Waals surface area contributed by atoms with Crippen LogP contribution in [0, 0.1) is 0 Å². The van der Waals surface area contributed by atoms with E-state index in [0.29, 0.717) is 42.0 Å². The maximum atomic E-state index is 12.8. The normalized spacial score (nSPS) is 16.8. The topological polar surface area (TPSA) is 99.9 Å². The molecule has 7 nitrogen and oxygen atoms in total. The van der Waals surface area contributed by atoms with Crippen LogP contribution in [0.3, 0.4) is 0 Å². The number of aliphatic carboxylic acids is 1. The summed E-state index contributed by atoms with van der Waals surface area (Å²) in [7, 11) is 0. The zero-order valence-electron chi connectivity index (χ0n) is 15.1. The van der Waals surface area contributed by atoms with Crippen molar-refractivity contribution in [2.45, 2.75) is 38.6 Å². The number of nitrogens with zero attached hydrogens (tertiary/aromatic N) is 1. The molecule has 0 radical (unpaired) electrons. The lowest BCUT2D eigenvalue weighted by atomic mass is 10.0. The van der Waals surface area contributed by atoms with Crippen LogP contribution in [0.4, 0.5) is 5.69 Å². The van der Waals surface area contributed by atoms with Crippen LogP contribution in [-0.4, -0.2) is 40.4 Å². The molecular formula is C20H22N2O5. The Morgan fingerprint density at radius 2 is 2.07 bits per heavy atom. The van der Waals surface area contributed by atoms with E-state index in [-0.39, 0.29) is 11.8 Å². The van der Waals surface area contributed by atoms with Gasteiger partial charge in [-0.05, 0) is 43.5 Å². The van der Waals surface area contributed by atoms with Crippen molar-refractivity contribution in [1.29, 1.82) is 0 Å². The predicted octanol–water partition coefficient (Wildman–Crippen LogP) is 3.17. The SMILES string of the molecule is CCc1occc1C(=O)Nc1cccc(C(=O)N2CCCCC2C(=O)O)c1. The van der Waals surface area contributed by atoms with E-state index in [1.54, 1.807) is 30.3 Å². The van der Waals surface area contributed by atoms with E-state index < -0.39 is 12.0 Å². The fourth-order valence-corrected chi connectivity index (χ4v) is 3.34. The highest BCUT2D eigenvalue weighted by Crippen LogP contribution is 2.22. The number of hydrogen-bond donors (Lipinski definition) is 2. The van der Waals surface area contributed by atoms with Gasteiger partial charge in [-0.1, -0.05) is 13.0 Å². The highest BCUT2D eigenvalue weighted by atomic mass is 16.4. The van der Waals surface area contributed by atoms with Crippen LogP contribution in [0.1, 0.15) is 52.7 Å². The standard InChI is InChI=1S/C20H22N2O5/c1-2-17-15(9-11-27-17)18(23)21-14-7-5-6-13(12-14)19(24)22-10-4-3-8-16(22)20(25)26/h5-7,9,11-12,16H,2-4,8,10H2,1H3,(H,21,23)(H,25,26). The maximum absolute atomic E-state index is 12.8. The summed E-state index contributed by atoms with van der Waals surface area (Å²) in [5, 5.41) is 12.1. The minimum atomic E-state index is -0.987. The van der Waals surface area contributed by atoms with E-state index >= 15 is 0 Å². The zero-order valence-corrected chi connectivity index (χ0v) is 15.1. The average molecular weight is 370 g/mol. The first kappa shape index (κ1) is 18.7. The van der Waals surface area contributed by atoms with Crippen LogP contribution < -0.4 is 5.32 Å². The number of anilines is 1. The number of furan rings is 1. The first-order valence-electron chi connectivity index (χ1n) is 9.02. The van der Waals surface area contributed by atoms with Gasteiger partial charge < -0.3 is 19.7 Å². The number of carboxylic acids is 1. The second kappa shape index (κ2) is 8.07. The third kappa shape index (κ3) is 4.02. The second-order valence-corrected chi connectivity index (χ2v) is 6.49. The summed E-state index contributed by atoms with van der Waals surface area (Å²) < 4.78 is 5.27. The third-order valence-corrected chi connectivity index (χ3v) is 4.73. The summed E-state index contributed by atoms with van der Waals surface area (Å²) in [4.78, 5) is 38.1. The van der Waals surface area contributed by atoms with Gasteiger partial charge in [-0.25, -0.2) is 4.79 Å². The third-order valence-electron chi connectivity index (χ3n) is 4.73. The molecule has 1 aromatic carbocycles. The maximum Gasteiger partial charge on any atom is 0.326 e. The van der Waals surface area contributed by atoms with E-state index in [4.69, 9.17) is 4.42 Å². The zero-order chi connectivity index (χ0) is 19.4. The summed E-state index contributed by atoms with van der Waals surface area (Å²) in [6.07, 6.45) is 4.10. The van der Waals surface area contributed by atoms with Gasteiger partial charge in [0.2, 0.25) is 0 Å². The van der Waals surface area contributed by atoms with E-state index in [2.05, 4.69) is 5.32 Å². The summed E-state index contributed by atoms with van der Waals surface area (Å²) >= 11 is 0. The Morgan fingerprint density at radius 3 is 2.81 bits per heavy atom. The van der Waals surface area contributed by atoms with Crippen LogP contribution in [0.2, 0.25) is 0 Å². The van der Waals surface area contributed by atoms with Crippen molar-refractivity contribution in [3.8, 4) is 0 Å². The fourth-order valence-electron chi connectivity index (χ4n) is 3.34. The average Bonchev–Trinajstić information content (AvgIpc) is 3.16. The summed E-state index contributed by atoms with van der Waals surface area (Å²) in [5.41, 5.74) is 1.28. The molecule has 0 saturated carbocycles. The largest absolute Gasteiger partial charge is 0.480 e. The van der Waals surface area contributed by atoms with Crippen LogP contribution >= 0.6 is 0 Å². The van der Waals surface area contributed by atoms with Crippen LogP contribution in [0.15, 0.2) is 41.0 Å². The van der Waals surface area contributed by atoms with Crippen LogP contribution in [0.5, 0.6) is 0 Å². The number of carbonyl (C=O) groups is 3. The predicted molar refractivity (Wildman–Crippen MR) is 98.8 cm³/mol. The number of piperidine rings is 1. The van der Waals surface area contributed by atoms with Crippen LogP contribution in [-0.2, 0) is 11.2 Å². The number of carbonyl (C=O) groups excluding carboxylic acids is 2. The lowest BCUT2D eigenvalue weighted by Crippen LogP contribution is -2.48. The molecule has 1 aliphatic rings. The minimum Gasteiger partial charge on any atom is -0.480 e. The number of carboxylic acid groups (broad SMARTS) is 1. The number of amides is 2. The van der Waals surface area contributed by atoms with Gasteiger partial charge in [-0.3, -0.25) is 9.59 Å². The van der Waals surface area contributed by atoms with Gasteiger partial charge in [0.05, 0.1) is 11.8 Å². The molecule has 1 atom stereocenters. The van der Waals surface area contributed by atoms with E-state index in [1.807, 2.05) is 6.92 Å². The van der Waals surface area contributed by atoms with Gasteiger partial charge in [0.25, 0.3) is 11.8 Å². The molecule has 0 spiro atoms. The molecule has 2 N–H and O–H groups in total. The molecule has 1 aromatic heterocycles. The van der Waals surface area contributed by atoms with E-state index in [0.717, 1.165) is 12.8 Å². The van der Waals surface area contributed by atoms with Gasteiger partial charge in [0.15, 0.2) is 0 Å². The van der Waals surface area contributed by atoms with Crippen molar-refractivity contribution < 1.29 is 23.9 Å². The van der Waals surface area contributed by atoms with Gasteiger partial charge >= 0.3 is 5.97 Å². The Bertz CT molecular complexity index is 858. The number of aryl methyl sites for hydroxylation is 1. The molecule has 0 bridgehead atoms. The molecule has 7 heteroatoms. The molecule has 0 aliphatic carbocycles. The molecule has 1 unspecified atom stereocenters. The van der Waals surface area contributed by atoms with Crippen molar-refractivity contribution >= 4 is 23.5 Å². The number of likely N-dealkylation sites (tertiary alicyclic amines) is 1. The Morgan fingerprint density at radius 1 is 1.26 bits per heavy atom. The number of benzene rings is 1. The monoisotopic (exact) mass is 370 g/mol. The summed E-state index contributed by atoms with van der Waals surface area (Å²) in [6, 6.07) is 7.35. The molecule has 1 saturated heterocycles. The first-order valence-corrected chi connectivity index (χ1v) is 9.02. The summed E-state index contributed by atoms with van der Waals surface area (Å²) in [6.45, 7) is 2.31. The quantitative estimate of drug-likeness (QED) is 0.842. The molecule has 2 aromatic rings. The molecule has 142 valence electrons. The molecule has 2 heterocycles. The summed E-state index contributed by atoms with van der Waals surface area (Å²) in [5.74, 6) is -1.04. The van der Waals surface area contributed by atoms with Gasteiger partial charge in [-0.2, -0.15) is 0 Å². The first-order chi connectivity index (χ1) is 13.0. The highest BCUT2D eigenvalue weighted by molar-refractivity contribution is 6.06. The van der Waals surface area contributed by atoms with E-state index in [9.17, 15) is 19.5 Å². The van der Waals surface area contributed by atoms with Crippen molar-refractivity contribution in [3.63, 3.8) is 0 Å². The van der Waals surface area contributed by atoms with Crippen molar-refractivity contribution in [1.82, 2.24) is 4.90 Å². The molecule has 3 rings (SSSR count). The smallest absolute Gasteiger partial charge is 0.326 e. The number of hydrogen-bond acceptors (Lipinski definition) is 4. The van der Waals surface area contributed by atoms with Crippen molar-refractivity contribution in [2.75, 3.05) is 11.9 Å². The minimum absolute atomic E-state index is 0.313. The van der Waals surface area contributed by atoms with Crippen LogP contribution in [0.25, 0.3) is 0 Å². The van der Waals surface area contributed by atoms with Gasteiger partial charge in [0, 0.05) is 24.2 Å². The van der Waals surface area contributed by atoms with Crippen molar-refractivity contribution in [3.05, 3.63) is 53.5 Å². The highest BCUT2D eigenvalue weighted by Gasteiger charge is 2.32. The lowest BCUT2D eigenvalue weighted by Gasteiger charge is -2.33. The molecule has 27 heavy (non-hydrogen) atoms. The van der Waals surface area contributed by atoms with Gasteiger partial charge in [0.1, 0.15) is 11.8 Å². The molecular weight excluding hydrogens is 348 g/mol.